The highest BCUT2D eigenvalue weighted by atomic mass is 79.9. The van der Waals surface area contributed by atoms with E-state index in [0.29, 0.717) is 10.2 Å². The molecule has 0 aliphatic rings. The van der Waals surface area contributed by atoms with Crippen LogP contribution in [0.4, 0.5) is 5.69 Å². The number of sulfonamides is 1. The molecule has 0 unspecified atom stereocenters. The van der Waals surface area contributed by atoms with Crippen molar-refractivity contribution >= 4 is 43.5 Å². The Morgan fingerprint density at radius 3 is 2.13 bits per heavy atom. The van der Waals surface area contributed by atoms with Crippen LogP contribution >= 0.6 is 15.9 Å². The molecule has 0 fully saturated rings. The van der Waals surface area contributed by atoms with E-state index in [0.717, 1.165) is 33.7 Å². The number of carbonyl (C=O) groups excluding carboxylic acids is 2. The summed E-state index contributed by atoms with van der Waals surface area (Å²) in [6.45, 7) is 5.58. The molecule has 0 saturated carbocycles. The lowest BCUT2D eigenvalue weighted by atomic mass is 10.0. The fraction of sp³-hybridized carbons (Fsp3) is 0.333. The zero-order chi connectivity index (χ0) is 28.6. The minimum Gasteiger partial charge on any atom is -0.352 e. The van der Waals surface area contributed by atoms with Gasteiger partial charge in [-0.2, -0.15) is 0 Å². The molecule has 0 spiro atoms. The average molecular weight is 615 g/mol. The number of amides is 2. The van der Waals surface area contributed by atoms with Gasteiger partial charge in [0.05, 0.1) is 11.9 Å². The van der Waals surface area contributed by atoms with Crippen molar-refractivity contribution in [2.24, 2.45) is 0 Å². The standard InChI is InChI=1S/C30H36BrN3O4S/c1-5-23(3)32-30(36)28(19-24-11-7-6-8-12-24)33(20-25-17-15-22(2)16-18-25)29(35)21-34(39(4,37)38)27-14-10-9-13-26(27)31/h6-18,23,28H,5,19-21H2,1-4H3,(H,32,36)/t23-,28-/m0/s1. The number of aryl methyl sites for hydroxylation is 1. The fourth-order valence-corrected chi connectivity index (χ4v) is 5.61. The summed E-state index contributed by atoms with van der Waals surface area (Å²) in [6.07, 6.45) is 2.09. The number of halogens is 1. The van der Waals surface area contributed by atoms with Gasteiger partial charge in [-0.1, -0.05) is 79.2 Å². The van der Waals surface area contributed by atoms with E-state index in [9.17, 15) is 18.0 Å². The van der Waals surface area contributed by atoms with Crippen LogP contribution in [0.1, 0.15) is 37.0 Å². The highest BCUT2D eigenvalue weighted by Gasteiger charge is 2.33. The third-order valence-electron chi connectivity index (χ3n) is 6.55. The van der Waals surface area contributed by atoms with Crippen molar-refractivity contribution in [1.29, 1.82) is 0 Å². The molecule has 0 radical (unpaired) electrons. The van der Waals surface area contributed by atoms with Gasteiger partial charge >= 0.3 is 0 Å². The quantitative estimate of drug-likeness (QED) is 0.309. The lowest BCUT2D eigenvalue weighted by molar-refractivity contribution is -0.140. The van der Waals surface area contributed by atoms with Crippen molar-refractivity contribution < 1.29 is 18.0 Å². The second kappa shape index (κ2) is 13.8. The van der Waals surface area contributed by atoms with Crippen LogP contribution in [0, 0.1) is 6.92 Å². The SMILES string of the molecule is CC[C@H](C)NC(=O)[C@H](Cc1ccccc1)N(Cc1ccc(C)cc1)C(=O)CN(c1ccccc1Br)S(C)(=O)=O. The maximum absolute atomic E-state index is 14.1. The summed E-state index contributed by atoms with van der Waals surface area (Å²) in [5, 5.41) is 3.03. The maximum Gasteiger partial charge on any atom is 0.244 e. The Kier molecular flexibility index (Phi) is 10.7. The maximum atomic E-state index is 14.1. The van der Waals surface area contributed by atoms with Crippen molar-refractivity contribution in [1.82, 2.24) is 10.2 Å². The predicted molar refractivity (Wildman–Crippen MR) is 160 cm³/mol. The zero-order valence-corrected chi connectivity index (χ0v) is 25.2. The molecule has 0 bridgehead atoms. The smallest absolute Gasteiger partial charge is 0.244 e. The number of hydrogen-bond donors (Lipinski definition) is 1. The molecular weight excluding hydrogens is 578 g/mol. The first-order valence-corrected chi connectivity index (χ1v) is 15.5. The number of nitrogens with zero attached hydrogens (tertiary/aromatic N) is 2. The first-order valence-electron chi connectivity index (χ1n) is 12.9. The first-order chi connectivity index (χ1) is 18.5. The van der Waals surface area contributed by atoms with E-state index in [-0.39, 0.29) is 24.9 Å². The first kappa shape index (κ1) is 30.4. The number of carbonyl (C=O) groups is 2. The van der Waals surface area contributed by atoms with Crippen LogP contribution in [0.3, 0.4) is 0 Å². The normalized spacial score (nSPS) is 12.8. The number of benzene rings is 3. The van der Waals surface area contributed by atoms with E-state index in [4.69, 9.17) is 0 Å². The third-order valence-corrected chi connectivity index (χ3v) is 8.34. The van der Waals surface area contributed by atoms with Gasteiger partial charge < -0.3 is 10.2 Å². The molecule has 2 amide bonds. The highest BCUT2D eigenvalue weighted by Crippen LogP contribution is 2.28. The predicted octanol–water partition coefficient (Wildman–Crippen LogP) is 5.08. The third kappa shape index (κ3) is 8.66. The van der Waals surface area contributed by atoms with E-state index in [1.54, 1.807) is 24.3 Å². The van der Waals surface area contributed by atoms with Crippen LogP contribution in [-0.2, 0) is 32.6 Å². The number of para-hydroxylation sites is 1. The summed E-state index contributed by atoms with van der Waals surface area (Å²) in [4.78, 5) is 29.2. The Hall–Kier alpha value is -3.17. The lowest BCUT2D eigenvalue weighted by Crippen LogP contribution is -2.54. The van der Waals surface area contributed by atoms with Crippen LogP contribution in [-0.4, -0.2) is 50.0 Å². The van der Waals surface area contributed by atoms with E-state index in [1.807, 2.05) is 75.4 Å². The van der Waals surface area contributed by atoms with Crippen LogP contribution in [0.25, 0.3) is 0 Å². The van der Waals surface area contributed by atoms with E-state index in [2.05, 4.69) is 21.2 Å². The summed E-state index contributed by atoms with van der Waals surface area (Å²) in [5.41, 5.74) is 3.17. The van der Waals surface area contributed by atoms with E-state index in [1.165, 1.54) is 4.90 Å². The van der Waals surface area contributed by atoms with Gasteiger partial charge in [-0.25, -0.2) is 8.42 Å². The zero-order valence-electron chi connectivity index (χ0n) is 22.8. The molecule has 3 rings (SSSR count). The molecule has 208 valence electrons. The van der Waals surface area contributed by atoms with Crippen molar-refractivity contribution in [3.05, 3.63) is 100 Å². The molecule has 0 heterocycles. The summed E-state index contributed by atoms with van der Waals surface area (Å²) in [5.74, 6) is -0.752. The Labute approximate surface area is 240 Å². The Morgan fingerprint density at radius 1 is 0.923 bits per heavy atom. The summed E-state index contributed by atoms with van der Waals surface area (Å²) in [7, 11) is -3.82. The molecule has 2 atom stereocenters. The van der Waals surface area contributed by atoms with Gasteiger partial charge in [-0.15, -0.1) is 0 Å². The minimum atomic E-state index is -3.82. The summed E-state index contributed by atoms with van der Waals surface area (Å²) >= 11 is 3.41. The van der Waals surface area contributed by atoms with Crippen LogP contribution in [0.15, 0.2) is 83.3 Å². The molecule has 1 N–H and O–H groups in total. The molecule has 0 aliphatic carbocycles. The van der Waals surface area contributed by atoms with Crippen molar-refractivity contribution in [2.75, 3.05) is 17.1 Å². The van der Waals surface area contributed by atoms with Crippen molar-refractivity contribution in [3.63, 3.8) is 0 Å². The van der Waals surface area contributed by atoms with Gasteiger partial charge in [0.25, 0.3) is 0 Å². The Balaban J connectivity index is 2.06. The minimum absolute atomic E-state index is 0.0834. The van der Waals surface area contributed by atoms with E-state index >= 15 is 0 Å². The van der Waals surface area contributed by atoms with Crippen molar-refractivity contribution in [2.45, 2.75) is 52.2 Å². The van der Waals surface area contributed by atoms with E-state index < -0.39 is 28.5 Å². The summed E-state index contributed by atoms with van der Waals surface area (Å²) in [6, 6.07) is 23.2. The summed E-state index contributed by atoms with van der Waals surface area (Å²) < 4.78 is 27.4. The number of anilines is 1. The second-order valence-corrected chi connectivity index (χ2v) is 12.5. The molecule has 3 aromatic rings. The average Bonchev–Trinajstić information content (AvgIpc) is 2.90. The van der Waals surface area contributed by atoms with Crippen molar-refractivity contribution in [3.8, 4) is 0 Å². The fourth-order valence-electron chi connectivity index (χ4n) is 4.13. The van der Waals surface area contributed by atoms with Gasteiger partial charge in [0.15, 0.2) is 0 Å². The molecule has 3 aromatic carbocycles. The Morgan fingerprint density at radius 2 is 1.54 bits per heavy atom. The molecule has 7 nitrogen and oxygen atoms in total. The molecular formula is C30H36BrN3O4S. The largest absolute Gasteiger partial charge is 0.352 e. The monoisotopic (exact) mass is 613 g/mol. The topological polar surface area (TPSA) is 86.8 Å². The van der Waals surface area contributed by atoms with Gasteiger partial charge in [-0.3, -0.25) is 13.9 Å². The molecule has 0 saturated heterocycles. The molecule has 39 heavy (non-hydrogen) atoms. The van der Waals surface area contributed by atoms with Crippen LogP contribution in [0.5, 0.6) is 0 Å². The number of nitrogens with one attached hydrogen (secondary N) is 1. The van der Waals surface area contributed by atoms with Gasteiger partial charge in [0, 0.05) is 23.5 Å². The number of rotatable bonds is 12. The molecule has 0 aliphatic heterocycles. The Bertz CT molecular complexity index is 1360. The van der Waals surface area contributed by atoms with Gasteiger partial charge in [0.2, 0.25) is 21.8 Å². The van der Waals surface area contributed by atoms with Crippen LogP contribution in [0.2, 0.25) is 0 Å². The van der Waals surface area contributed by atoms with Gasteiger partial charge in [-0.05, 0) is 59.5 Å². The number of hydrogen-bond acceptors (Lipinski definition) is 4. The molecule has 9 heteroatoms. The molecule has 0 aromatic heterocycles. The van der Waals surface area contributed by atoms with Crippen LogP contribution < -0.4 is 9.62 Å². The lowest BCUT2D eigenvalue weighted by Gasteiger charge is -2.34. The second-order valence-electron chi connectivity index (χ2n) is 9.75. The van der Waals surface area contributed by atoms with Gasteiger partial charge in [0.1, 0.15) is 12.6 Å². The highest BCUT2D eigenvalue weighted by molar-refractivity contribution is 9.10.